The SMILES string of the molecule is Cc1noc(C)c1CN1CCN(C(=O)Cc2csc(-c3ccccc3Cl)n2)CC1. The zero-order chi connectivity index (χ0) is 20.4. The molecule has 0 unspecified atom stereocenters. The molecule has 3 aromatic rings. The number of rotatable bonds is 5. The average Bonchev–Trinajstić information content (AvgIpc) is 3.30. The van der Waals surface area contributed by atoms with Crippen molar-refractivity contribution in [1.29, 1.82) is 0 Å². The van der Waals surface area contributed by atoms with Crippen molar-refractivity contribution in [2.45, 2.75) is 26.8 Å². The standard InChI is InChI=1S/C21H23ClN4O2S/c1-14-18(15(2)28-24-14)12-25-7-9-26(10-8-25)20(27)11-16-13-29-21(23-16)17-5-3-4-6-19(17)22/h3-6,13H,7-12H2,1-2H3. The van der Waals surface area contributed by atoms with E-state index in [0.29, 0.717) is 11.4 Å². The van der Waals surface area contributed by atoms with E-state index in [1.807, 2.05) is 48.4 Å². The second kappa shape index (κ2) is 8.65. The molecule has 29 heavy (non-hydrogen) atoms. The number of aromatic nitrogens is 2. The summed E-state index contributed by atoms with van der Waals surface area (Å²) in [6.45, 7) is 7.87. The van der Waals surface area contributed by atoms with Crippen molar-refractivity contribution in [3.63, 3.8) is 0 Å². The lowest BCUT2D eigenvalue weighted by Gasteiger charge is -2.34. The van der Waals surface area contributed by atoms with Gasteiger partial charge in [0, 0.05) is 49.2 Å². The van der Waals surface area contributed by atoms with E-state index in [1.165, 1.54) is 11.3 Å². The fraction of sp³-hybridized carbons (Fsp3) is 0.381. The van der Waals surface area contributed by atoms with Crippen LogP contribution in [0.4, 0.5) is 0 Å². The molecule has 1 aromatic carbocycles. The number of amides is 1. The number of nitrogens with zero attached hydrogens (tertiary/aromatic N) is 4. The van der Waals surface area contributed by atoms with Gasteiger partial charge in [-0.3, -0.25) is 9.69 Å². The van der Waals surface area contributed by atoms with Crippen LogP contribution in [0.5, 0.6) is 0 Å². The van der Waals surface area contributed by atoms with Crippen molar-refractivity contribution in [2.24, 2.45) is 0 Å². The summed E-state index contributed by atoms with van der Waals surface area (Å²) < 4.78 is 5.25. The van der Waals surface area contributed by atoms with Crippen LogP contribution in [0.3, 0.4) is 0 Å². The highest BCUT2D eigenvalue weighted by molar-refractivity contribution is 7.13. The fourth-order valence-corrected chi connectivity index (χ4v) is 4.66. The lowest BCUT2D eigenvalue weighted by atomic mass is 10.1. The van der Waals surface area contributed by atoms with Gasteiger partial charge in [-0.1, -0.05) is 35.0 Å². The molecule has 2 aromatic heterocycles. The third kappa shape index (κ3) is 4.52. The van der Waals surface area contributed by atoms with Gasteiger partial charge in [0.25, 0.3) is 0 Å². The van der Waals surface area contributed by atoms with Crippen LogP contribution >= 0.6 is 22.9 Å². The Labute approximate surface area is 179 Å². The van der Waals surface area contributed by atoms with E-state index in [1.54, 1.807) is 0 Å². The van der Waals surface area contributed by atoms with E-state index in [2.05, 4.69) is 15.0 Å². The first-order valence-corrected chi connectivity index (χ1v) is 10.9. The Morgan fingerprint density at radius 1 is 1.21 bits per heavy atom. The summed E-state index contributed by atoms with van der Waals surface area (Å²) in [6.07, 6.45) is 0.324. The van der Waals surface area contributed by atoms with Gasteiger partial charge < -0.3 is 9.42 Å². The number of thiazole rings is 1. The van der Waals surface area contributed by atoms with Gasteiger partial charge in [-0.15, -0.1) is 11.3 Å². The van der Waals surface area contributed by atoms with Crippen molar-refractivity contribution >= 4 is 28.8 Å². The van der Waals surface area contributed by atoms with Crippen molar-refractivity contribution < 1.29 is 9.32 Å². The molecular formula is C21H23ClN4O2S. The zero-order valence-electron chi connectivity index (χ0n) is 16.5. The summed E-state index contributed by atoms with van der Waals surface area (Å²) >= 11 is 7.78. The van der Waals surface area contributed by atoms with E-state index >= 15 is 0 Å². The van der Waals surface area contributed by atoms with Crippen LogP contribution in [0, 0.1) is 13.8 Å². The molecule has 0 spiro atoms. The van der Waals surface area contributed by atoms with Gasteiger partial charge in [-0.25, -0.2) is 4.98 Å². The van der Waals surface area contributed by atoms with E-state index < -0.39 is 0 Å². The topological polar surface area (TPSA) is 62.5 Å². The van der Waals surface area contributed by atoms with Gasteiger partial charge in [0.1, 0.15) is 10.8 Å². The molecule has 0 aliphatic carbocycles. The summed E-state index contributed by atoms with van der Waals surface area (Å²) in [6, 6.07) is 7.64. The Kier molecular flexibility index (Phi) is 5.99. The number of carbonyl (C=O) groups is 1. The molecule has 0 atom stereocenters. The van der Waals surface area contributed by atoms with Gasteiger partial charge in [0.2, 0.25) is 5.91 Å². The lowest BCUT2D eigenvalue weighted by molar-refractivity contribution is -0.132. The Morgan fingerprint density at radius 3 is 2.66 bits per heavy atom. The minimum Gasteiger partial charge on any atom is -0.361 e. The van der Waals surface area contributed by atoms with Gasteiger partial charge in [-0.05, 0) is 19.9 Å². The number of carbonyl (C=O) groups excluding carboxylic acids is 1. The molecule has 1 aliphatic heterocycles. The normalized spacial score (nSPS) is 15.1. The molecule has 3 heterocycles. The van der Waals surface area contributed by atoms with E-state index in [-0.39, 0.29) is 5.91 Å². The van der Waals surface area contributed by atoms with Gasteiger partial charge in [0.05, 0.1) is 22.8 Å². The number of hydrogen-bond donors (Lipinski definition) is 0. The first-order valence-electron chi connectivity index (χ1n) is 9.62. The maximum atomic E-state index is 12.7. The highest BCUT2D eigenvalue weighted by atomic mass is 35.5. The number of benzene rings is 1. The number of piperazine rings is 1. The van der Waals surface area contributed by atoms with E-state index in [9.17, 15) is 4.79 Å². The third-order valence-corrected chi connectivity index (χ3v) is 6.53. The molecule has 1 aliphatic rings. The number of hydrogen-bond acceptors (Lipinski definition) is 6. The second-order valence-corrected chi connectivity index (χ2v) is 8.53. The monoisotopic (exact) mass is 430 g/mol. The predicted molar refractivity (Wildman–Crippen MR) is 114 cm³/mol. The summed E-state index contributed by atoms with van der Waals surface area (Å²) in [5.74, 6) is 0.997. The van der Waals surface area contributed by atoms with Crippen LogP contribution in [0.15, 0.2) is 34.2 Å². The van der Waals surface area contributed by atoms with E-state index in [0.717, 1.165) is 66.0 Å². The van der Waals surface area contributed by atoms with Crippen LogP contribution in [0.1, 0.15) is 22.7 Å². The highest BCUT2D eigenvalue weighted by Gasteiger charge is 2.23. The van der Waals surface area contributed by atoms with Crippen molar-refractivity contribution in [2.75, 3.05) is 26.2 Å². The molecule has 4 rings (SSSR count). The summed E-state index contributed by atoms with van der Waals surface area (Å²) in [5, 5.41) is 7.49. The Bertz CT molecular complexity index is 988. The summed E-state index contributed by atoms with van der Waals surface area (Å²) in [7, 11) is 0. The molecular weight excluding hydrogens is 408 g/mol. The highest BCUT2D eigenvalue weighted by Crippen LogP contribution is 2.30. The molecule has 0 saturated carbocycles. The number of aryl methyl sites for hydroxylation is 2. The molecule has 1 amide bonds. The van der Waals surface area contributed by atoms with Gasteiger partial charge in [0.15, 0.2) is 0 Å². The maximum Gasteiger partial charge on any atom is 0.228 e. The second-order valence-electron chi connectivity index (χ2n) is 7.26. The van der Waals surface area contributed by atoms with Crippen LogP contribution in [0.25, 0.3) is 10.6 Å². The zero-order valence-corrected chi connectivity index (χ0v) is 18.1. The minimum absolute atomic E-state index is 0.123. The molecule has 1 saturated heterocycles. The molecule has 1 fully saturated rings. The Balaban J connectivity index is 1.32. The first kappa shape index (κ1) is 20.1. The van der Waals surface area contributed by atoms with Crippen LogP contribution < -0.4 is 0 Å². The third-order valence-electron chi connectivity index (χ3n) is 5.28. The molecule has 0 bridgehead atoms. The average molecular weight is 431 g/mol. The lowest BCUT2D eigenvalue weighted by Crippen LogP contribution is -2.48. The van der Waals surface area contributed by atoms with Gasteiger partial charge >= 0.3 is 0 Å². The smallest absolute Gasteiger partial charge is 0.228 e. The van der Waals surface area contributed by atoms with Crippen LogP contribution in [-0.4, -0.2) is 52.0 Å². The van der Waals surface area contributed by atoms with Crippen LogP contribution in [0.2, 0.25) is 5.02 Å². The largest absolute Gasteiger partial charge is 0.361 e. The maximum absolute atomic E-state index is 12.7. The quantitative estimate of drug-likeness (QED) is 0.613. The molecule has 0 N–H and O–H groups in total. The van der Waals surface area contributed by atoms with E-state index in [4.69, 9.17) is 16.1 Å². The molecule has 0 radical (unpaired) electrons. The van der Waals surface area contributed by atoms with Crippen LogP contribution in [-0.2, 0) is 17.8 Å². The summed E-state index contributed by atoms with van der Waals surface area (Å²) in [4.78, 5) is 21.6. The van der Waals surface area contributed by atoms with Crippen molar-refractivity contribution in [1.82, 2.24) is 19.9 Å². The Hall–Kier alpha value is -2.22. The Morgan fingerprint density at radius 2 is 1.97 bits per heavy atom. The van der Waals surface area contributed by atoms with Crippen molar-refractivity contribution in [3.05, 3.63) is 57.4 Å². The molecule has 152 valence electrons. The summed E-state index contributed by atoms with van der Waals surface area (Å²) in [5.41, 5.74) is 3.80. The fourth-order valence-electron chi connectivity index (χ4n) is 3.52. The van der Waals surface area contributed by atoms with Gasteiger partial charge in [-0.2, -0.15) is 0 Å². The molecule has 6 nitrogen and oxygen atoms in total. The predicted octanol–water partition coefficient (Wildman–Crippen LogP) is 3.96. The van der Waals surface area contributed by atoms with Crippen molar-refractivity contribution in [3.8, 4) is 10.6 Å². The number of halogens is 1. The minimum atomic E-state index is 0.123. The molecule has 8 heteroatoms. The first-order chi connectivity index (χ1) is 14.0.